The van der Waals surface area contributed by atoms with Crippen molar-refractivity contribution < 1.29 is 14.7 Å². The molecule has 1 aliphatic rings. The van der Waals surface area contributed by atoms with Crippen LogP contribution in [-0.2, 0) is 9.59 Å². The number of aliphatic hydroxyl groups excluding tert-OH is 1. The van der Waals surface area contributed by atoms with Crippen molar-refractivity contribution in [3.05, 3.63) is 76.3 Å². The Morgan fingerprint density at radius 1 is 0.933 bits per heavy atom. The third-order valence-corrected chi connectivity index (χ3v) is 5.78. The zero-order chi connectivity index (χ0) is 21.5. The highest BCUT2D eigenvalue weighted by atomic mass is 35.5. The van der Waals surface area contributed by atoms with E-state index in [1.807, 2.05) is 30.3 Å². The first-order valence-corrected chi connectivity index (χ1v) is 11.0. The van der Waals surface area contributed by atoms with Crippen LogP contribution in [0.5, 0.6) is 0 Å². The molecule has 0 aliphatic carbocycles. The Bertz CT molecular complexity index is 906. The van der Waals surface area contributed by atoms with Crippen molar-refractivity contribution in [2.75, 3.05) is 6.54 Å². The van der Waals surface area contributed by atoms with Crippen LogP contribution in [0.1, 0.15) is 62.6 Å². The minimum absolute atomic E-state index is 0.138. The highest BCUT2D eigenvalue weighted by Crippen LogP contribution is 2.39. The average molecular weight is 426 g/mol. The summed E-state index contributed by atoms with van der Waals surface area (Å²) in [6.45, 7) is 2.67. The molecule has 0 unspecified atom stereocenters. The predicted molar refractivity (Wildman–Crippen MR) is 120 cm³/mol. The number of carbonyl (C=O) groups is 2. The monoisotopic (exact) mass is 425 g/mol. The zero-order valence-corrected chi connectivity index (χ0v) is 18.1. The molecule has 2 aromatic carbocycles. The quantitative estimate of drug-likeness (QED) is 0.228. The molecule has 1 saturated heterocycles. The summed E-state index contributed by atoms with van der Waals surface area (Å²) in [6, 6.07) is 15.5. The summed E-state index contributed by atoms with van der Waals surface area (Å²) in [5.41, 5.74) is 1.43. The van der Waals surface area contributed by atoms with Gasteiger partial charge in [0.1, 0.15) is 5.76 Å². The lowest BCUT2D eigenvalue weighted by molar-refractivity contribution is -0.139. The van der Waals surface area contributed by atoms with Gasteiger partial charge in [-0.05, 0) is 36.2 Å². The van der Waals surface area contributed by atoms with Crippen LogP contribution in [0.25, 0.3) is 5.76 Å². The van der Waals surface area contributed by atoms with Gasteiger partial charge in [-0.25, -0.2) is 0 Å². The minimum atomic E-state index is -0.637. The summed E-state index contributed by atoms with van der Waals surface area (Å²) >= 11 is 5.95. The molecule has 1 N–H and O–H groups in total. The van der Waals surface area contributed by atoms with Gasteiger partial charge in [0.25, 0.3) is 11.7 Å². The highest BCUT2D eigenvalue weighted by Gasteiger charge is 2.45. The summed E-state index contributed by atoms with van der Waals surface area (Å²) in [5.74, 6) is -1.35. The number of rotatable bonds is 9. The number of hydrogen-bond donors (Lipinski definition) is 1. The van der Waals surface area contributed by atoms with Crippen LogP contribution in [0.4, 0.5) is 0 Å². The number of carbonyl (C=O) groups excluding carboxylic acids is 2. The molecule has 4 nitrogen and oxygen atoms in total. The topological polar surface area (TPSA) is 57.6 Å². The van der Waals surface area contributed by atoms with Crippen molar-refractivity contribution in [1.29, 1.82) is 0 Å². The van der Waals surface area contributed by atoms with Crippen LogP contribution in [0, 0.1) is 0 Å². The van der Waals surface area contributed by atoms with Crippen LogP contribution in [0.2, 0.25) is 5.02 Å². The van der Waals surface area contributed by atoms with Gasteiger partial charge in [-0.3, -0.25) is 9.59 Å². The van der Waals surface area contributed by atoms with E-state index in [1.54, 1.807) is 29.2 Å². The number of unbranched alkanes of at least 4 members (excludes halogenated alkanes) is 5. The van der Waals surface area contributed by atoms with Gasteiger partial charge < -0.3 is 10.0 Å². The van der Waals surface area contributed by atoms with E-state index in [0.717, 1.165) is 24.8 Å². The van der Waals surface area contributed by atoms with Gasteiger partial charge in [-0.2, -0.15) is 0 Å². The summed E-state index contributed by atoms with van der Waals surface area (Å²) in [7, 11) is 0. The van der Waals surface area contributed by atoms with Crippen LogP contribution in [0.15, 0.2) is 60.2 Å². The standard InChI is InChI=1S/C25H28ClNO3/c1-2-3-4-5-6-10-17-27-22(18-11-8-7-9-12-18)21(24(29)25(27)30)23(28)19-13-15-20(26)16-14-19/h7-9,11-16,22,28H,2-6,10,17H2,1H3/t22-/m0/s1. The molecule has 0 aromatic heterocycles. The zero-order valence-electron chi connectivity index (χ0n) is 17.3. The van der Waals surface area contributed by atoms with Gasteiger partial charge in [0.05, 0.1) is 11.6 Å². The van der Waals surface area contributed by atoms with Crippen molar-refractivity contribution in [3.63, 3.8) is 0 Å². The van der Waals surface area contributed by atoms with Crippen LogP contribution in [0.3, 0.4) is 0 Å². The SMILES string of the molecule is CCCCCCCCN1C(=O)C(=O)C(=C(O)c2ccc(Cl)cc2)[C@@H]1c1ccccc1. The third kappa shape index (κ3) is 4.93. The van der Waals surface area contributed by atoms with Crippen molar-refractivity contribution >= 4 is 29.1 Å². The first-order valence-electron chi connectivity index (χ1n) is 10.6. The Hall–Kier alpha value is -2.59. The summed E-state index contributed by atoms with van der Waals surface area (Å²) in [4.78, 5) is 27.4. The number of likely N-dealkylation sites (tertiary alicyclic amines) is 1. The van der Waals surface area contributed by atoms with Gasteiger partial charge in [0, 0.05) is 17.1 Å². The maximum Gasteiger partial charge on any atom is 0.295 e. The molecule has 0 spiro atoms. The van der Waals surface area contributed by atoms with Crippen molar-refractivity contribution in [1.82, 2.24) is 4.90 Å². The molecule has 1 heterocycles. The highest BCUT2D eigenvalue weighted by molar-refractivity contribution is 6.46. The molecule has 30 heavy (non-hydrogen) atoms. The Morgan fingerprint density at radius 2 is 1.57 bits per heavy atom. The number of nitrogens with zero attached hydrogens (tertiary/aromatic N) is 1. The number of aliphatic hydroxyl groups is 1. The van der Waals surface area contributed by atoms with E-state index in [2.05, 4.69) is 6.92 Å². The molecule has 1 atom stereocenters. The van der Waals surface area contributed by atoms with Gasteiger partial charge in [-0.1, -0.05) is 81.0 Å². The van der Waals surface area contributed by atoms with Crippen molar-refractivity contribution in [2.24, 2.45) is 0 Å². The Balaban J connectivity index is 1.91. The molecule has 3 rings (SSSR count). The lowest BCUT2D eigenvalue weighted by Crippen LogP contribution is -2.30. The van der Waals surface area contributed by atoms with Crippen molar-refractivity contribution in [3.8, 4) is 0 Å². The molecule has 1 fully saturated rings. The van der Waals surface area contributed by atoms with E-state index >= 15 is 0 Å². The number of ketones is 1. The van der Waals surface area contributed by atoms with Gasteiger partial charge in [-0.15, -0.1) is 0 Å². The van der Waals surface area contributed by atoms with E-state index in [9.17, 15) is 14.7 Å². The number of amides is 1. The summed E-state index contributed by atoms with van der Waals surface area (Å²) < 4.78 is 0. The molecule has 0 radical (unpaired) electrons. The normalized spacial score (nSPS) is 18.2. The molecule has 158 valence electrons. The smallest absolute Gasteiger partial charge is 0.295 e. The van der Waals surface area contributed by atoms with Crippen molar-refractivity contribution in [2.45, 2.75) is 51.5 Å². The number of halogens is 1. The van der Waals surface area contributed by atoms with E-state index < -0.39 is 17.7 Å². The van der Waals surface area contributed by atoms with Gasteiger partial charge >= 0.3 is 0 Å². The summed E-state index contributed by atoms with van der Waals surface area (Å²) in [6.07, 6.45) is 6.57. The van der Waals surface area contributed by atoms with E-state index in [0.29, 0.717) is 17.1 Å². The maximum atomic E-state index is 12.9. The second-order valence-corrected chi connectivity index (χ2v) is 8.11. The fourth-order valence-electron chi connectivity index (χ4n) is 3.92. The van der Waals surface area contributed by atoms with E-state index in [4.69, 9.17) is 11.6 Å². The second kappa shape index (κ2) is 10.4. The fourth-order valence-corrected chi connectivity index (χ4v) is 4.04. The predicted octanol–water partition coefficient (Wildman–Crippen LogP) is 6.12. The molecule has 0 bridgehead atoms. The Labute approximate surface area is 183 Å². The number of Topliss-reactive ketones (excluding diaryl/α,β-unsaturated/α-hetero) is 1. The molecule has 5 heteroatoms. The molecule has 1 amide bonds. The maximum absolute atomic E-state index is 12.9. The minimum Gasteiger partial charge on any atom is -0.507 e. The molecular formula is C25H28ClNO3. The molecule has 2 aromatic rings. The Kier molecular flexibility index (Phi) is 7.69. The number of hydrogen-bond acceptors (Lipinski definition) is 3. The third-order valence-electron chi connectivity index (χ3n) is 5.53. The van der Waals surface area contributed by atoms with E-state index in [-0.39, 0.29) is 11.3 Å². The molecule has 0 saturated carbocycles. The molecule has 1 aliphatic heterocycles. The lowest BCUT2D eigenvalue weighted by Gasteiger charge is -2.25. The largest absolute Gasteiger partial charge is 0.507 e. The Morgan fingerprint density at radius 3 is 2.23 bits per heavy atom. The van der Waals surface area contributed by atoms with Crippen LogP contribution in [-0.4, -0.2) is 28.2 Å². The second-order valence-electron chi connectivity index (χ2n) is 7.68. The summed E-state index contributed by atoms with van der Waals surface area (Å²) in [5, 5.41) is 11.5. The van der Waals surface area contributed by atoms with E-state index in [1.165, 1.54) is 19.3 Å². The van der Waals surface area contributed by atoms with Crippen LogP contribution < -0.4 is 0 Å². The van der Waals surface area contributed by atoms with Crippen LogP contribution >= 0.6 is 11.6 Å². The van der Waals surface area contributed by atoms with Gasteiger partial charge in [0.15, 0.2) is 0 Å². The average Bonchev–Trinajstić information content (AvgIpc) is 3.01. The number of benzene rings is 2. The first-order chi connectivity index (χ1) is 14.5. The van der Waals surface area contributed by atoms with Gasteiger partial charge in [0.2, 0.25) is 0 Å². The first kappa shape index (κ1) is 22.1. The molecular weight excluding hydrogens is 398 g/mol. The fraction of sp³-hybridized carbons (Fsp3) is 0.360. The lowest BCUT2D eigenvalue weighted by atomic mass is 9.95.